The first-order valence-electron chi connectivity index (χ1n) is 5.56. The molecule has 15 heavy (non-hydrogen) atoms. The maximum atomic E-state index is 10.5. The molecule has 2 rings (SSSR count). The van der Waals surface area contributed by atoms with Crippen LogP contribution in [0.4, 0.5) is 0 Å². The Balaban J connectivity index is 1.84. The van der Waals surface area contributed by atoms with Gasteiger partial charge in [0.05, 0.1) is 0 Å². The number of carbonyl (C=O) groups is 1. The monoisotopic (exact) mass is 220 g/mol. The Morgan fingerprint density at radius 3 is 2.47 bits per heavy atom. The lowest BCUT2D eigenvalue weighted by Gasteiger charge is -2.07. The molecule has 2 heteroatoms. The van der Waals surface area contributed by atoms with Crippen LogP contribution in [-0.4, -0.2) is 12.0 Å². The second kappa shape index (κ2) is 5.36. The summed E-state index contributed by atoms with van der Waals surface area (Å²) in [5.74, 6) is 2.15. The van der Waals surface area contributed by atoms with Crippen LogP contribution in [0.25, 0.3) is 0 Å². The summed E-state index contributed by atoms with van der Waals surface area (Å²) in [4.78, 5) is 11.8. The summed E-state index contributed by atoms with van der Waals surface area (Å²) in [5, 5.41) is 0. The van der Waals surface area contributed by atoms with Crippen molar-refractivity contribution in [1.82, 2.24) is 0 Å². The van der Waals surface area contributed by atoms with Crippen LogP contribution in [0.3, 0.4) is 0 Å². The summed E-state index contributed by atoms with van der Waals surface area (Å²) in [6, 6.07) is 7.88. The molecule has 0 atom stereocenters. The lowest BCUT2D eigenvalue weighted by Crippen LogP contribution is -1.95. The fourth-order valence-corrected chi connectivity index (χ4v) is 3.12. The SMILES string of the molecule is O=Cc1ccc(SCC2CCCC2)cc1. The maximum absolute atomic E-state index is 10.5. The Kier molecular flexibility index (Phi) is 3.84. The largest absolute Gasteiger partial charge is 0.298 e. The molecule has 0 radical (unpaired) electrons. The predicted octanol–water partition coefficient (Wildman–Crippen LogP) is 3.78. The normalized spacial score (nSPS) is 16.8. The number of thioether (sulfide) groups is 1. The zero-order chi connectivity index (χ0) is 10.5. The van der Waals surface area contributed by atoms with Crippen LogP contribution >= 0.6 is 11.8 Å². The summed E-state index contributed by atoms with van der Waals surface area (Å²) < 4.78 is 0. The Hall–Kier alpha value is -0.760. The fourth-order valence-electron chi connectivity index (χ4n) is 2.03. The van der Waals surface area contributed by atoms with E-state index in [1.54, 1.807) is 0 Å². The van der Waals surface area contributed by atoms with Gasteiger partial charge in [0, 0.05) is 16.2 Å². The van der Waals surface area contributed by atoms with Crippen LogP contribution in [0.5, 0.6) is 0 Å². The van der Waals surface area contributed by atoms with Gasteiger partial charge in [-0.25, -0.2) is 0 Å². The topological polar surface area (TPSA) is 17.1 Å². The van der Waals surface area contributed by atoms with Crippen LogP contribution in [0.15, 0.2) is 29.2 Å². The van der Waals surface area contributed by atoms with Gasteiger partial charge in [-0.15, -0.1) is 11.8 Å². The van der Waals surface area contributed by atoms with Gasteiger partial charge in [0.15, 0.2) is 0 Å². The molecule has 0 saturated heterocycles. The third-order valence-corrected chi connectivity index (χ3v) is 4.22. The van der Waals surface area contributed by atoms with Crippen LogP contribution < -0.4 is 0 Å². The van der Waals surface area contributed by atoms with Gasteiger partial charge in [-0.1, -0.05) is 25.0 Å². The van der Waals surface area contributed by atoms with Gasteiger partial charge >= 0.3 is 0 Å². The van der Waals surface area contributed by atoms with Gasteiger partial charge in [0.2, 0.25) is 0 Å². The van der Waals surface area contributed by atoms with E-state index in [2.05, 4.69) is 0 Å². The minimum absolute atomic E-state index is 0.764. The van der Waals surface area contributed by atoms with Crippen molar-refractivity contribution in [1.29, 1.82) is 0 Å². The van der Waals surface area contributed by atoms with Crippen molar-refractivity contribution in [2.75, 3.05) is 5.75 Å². The third kappa shape index (κ3) is 3.10. The second-order valence-electron chi connectivity index (χ2n) is 4.15. The zero-order valence-corrected chi connectivity index (χ0v) is 9.63. The lowest BCUT2D eigenvalue weighted by molar-refractivity contribution is 0.112. The first kappa shape index (κ1) is 10.7. The molecule has 1 aliphatic rings. The van der Waals surface area contributed by atoms with E-state index in [4.69, 9.17) is 0 Å². The highest BCUT2D eigenvalue weighted by atomic mass is 32.2. The Morgan fingerprint density at radius 1 is 1.20 bits per heavy atom. The van der Waals surface area contributed by atoms with Crippen LogP contribution in [0.1, 0.15) is 36.0 Å². The molecule has 0 bridgehead atoms. The molecule has 0 N–H and O–H groups in total. The van der Waals surface area contributed by atoms with Crippen LogP contribution in [-0.2, 0) is 0 Å². The smallest absolute Gasteiger partial charge is 0.150 e. The second-order valence-corrected chi connectivity index (χ2v) is 5.24. The molecule has 0 aromatic heterocycles. The van der Waals surface area contributed by atoms with E-state index < -0.39 is 0 Å². The van der Waals surface area contributed by atoms with E-state index in [1.807, 2.05) is 36.0 Å². The van der Waals surface area contributed by atoms with Crippen molar-refractivity contribution in [3.05, 3.63) is 29.8 Å². The molecular weight excluding hydrogens is 204 g/mol. The average molecular weight is 220 g/mol. The van der Waals surface area contributed by atoms with Crippen molar-refractivity contribution in [3.8, 4) is 0 Å². The standard InChI is InChI=1S/C13H16OS/c14-9-11-5-7-13(8-6-11)15-10-12-3-1-2-4-12/h5-9,12H,1-4,10H2. The van der Waals surface area contributed by atoms with E-state index in [0.29, 0.717) is 0 Å². The van der Waals surface area contributed by atoms with E-state index in [1.165, 1.54) is 36.3 Å². The molecule has 0 amide bonds. The van der Waals surface area contributed by atoms with Gasteiger partial charge in [-0.05, 0) is 30.9 Å². The predicted molar refractivity (Wildman–Crippen MR) is 64.5 cm³/mol. The highest BCUT2D eigenvalue weighted by molar-refractivity contribution is 7.99. The molecule has 1 aromatic carbocycles. The van der Waals surface area contributed by atoms with E-state index in [-0.39, 0.29) is 0 Å². The van der Waals surface area contributed by atoms with Crippen molar-refractivity contribution in [2.24, 2.45) is 5.92 Å². The number of carbonyl (C=O) groups excluding carboxylic acids is 1. The van der Waals surface area contributed by atoms with E-state index in [9.17, 15) is 4.79 Å². The highest BCUT2D eigenvalue weighted by Gasteiger charge is 2.14. The number of rotatable bonds is 4. The summed E-state index contributed by atoms with van der Waals surface area (Å²) in [5.41, 5.74) is 0.764. The average Bonchev–Trinajstić information content (AvgIpc) is 2.80. The molecular formula is C13H16OS. The minimum atomic E-state index is 0.764. The molecule has 0 unspecified atom stereocenters. The summed E-state index contributed by atoms with van der Waals surface area (Å²) in [7, 11) is 0. The van der Waals surface area contributed by atoms with Crippen LogP contribution in [0.2, 0.25) is 0 Å². The molecule has 1 aromatic rings. The zero-order valence-electron chi connectivity index (χ0n) is 8.82. The minimum Gasteiger partial charge on any atom is -0.298 e. The maximum Gasteiger partial charge on any atom is 0.150 e. The number of benzene rings is 1. The van der Waals surface area contributed by atoms with Crippen LogP contribution in [0, 0.1) is 5.92 Å². The molecule has 0 aliphatic heterocycles. The molecule has 1 fully saturated rings. The molecule has 1 nitrogen and oxygen atoms in total. The molecule has 0 heterocycles. The van der Waals surface area contributed by atoms with Gasteiger partial charge in [-0.3, -0.25) is 4.79 Å². The van der Waals surface area contributed by atoms with Gasteiger partial charge in [0.1, 0.15) is 6.29 Å². The van der Waals surface area contributed by atoms with Crippen molar-refractivity contribution in [3.63, 3.8) is 0 Å². The Labute approximate surface area is 95.3 Å². The summed E-state index contributed by atoms with van der Waals surface area (Å²) in [6.07, 6.45) is 6.52. The summed E-state index contributed by atoms with van der Waals surface area (Å²) in [6.45, 7) is 0. The molecule has 1 saturated carbocycles. The number of hydrogen-bond donors (Lipinski definition) is 0. The van der Waals surface area contributed by atoms with E-state index in [0.717, 1.165) is 17.8 Å². The number of aldehydes is 1. The van der Waals surface area contributed by atoms with Gasteiger partial charge in [-0.2, -0.15) is 0 Å². The Morgan fingerprint density at radius 2 is 1.87 bits per heavy atom. The first-order chi connectivity index (χ1) is 7.38. The van der Waals surface area contributed by atoms with Gasteiger partial charge in [0.25, 0.3) is 0 Å². The molecule has 0 spiro atoms. The lowest BCUT2D eigenvalue weighted by atomic mass is 10.1. The number of hydrogen-bond acceptors (Lipinski definition) is 2. The molecule has 1 aliphatic carbocycles. The van der Waals surface area contributed by atoms with Crippen molar-refractivity contribution >= 4 is 18.0 Å². The third-order valence-electron chi connectivity index (χ3n) is 2.98. The van der Waals surface area contributed by atoms with Crippen molar-refractivity contribution in [2.45, 2.75) is 30.6 Å². The molecule has 80 valence electrons. The first-order valence-corrected chi connectivity index (χ1v) is 6.55. The summed E-state index contributed by atoms with van der Waals surface area (Å²) >= 11 is 1.92. The van der Waals surface area contributed by atoms with Gasteiger partial charge < -0.3 is 0 Å². The quantitative estimate of drug-likeness (QED) is 0.567. The van der Waals surface area contributed by atoms with Crippen molar-refractivity contribution < 1.29 is 4.79 Å². The van der Waals surface area contributed by atoms with E-state index >= 15 is 0 Å². The fraction of sp³-hybridized carbons (Fsp3) is 0.462. The Bertz CT molecular complexity index is 312. The highest BCUT2D eigenvalue weighted by Crippen LogP contribution is 2.30.